The number of fused-ring (bicyclic) bond motifs is 1. The molecule has 2 rings (SSSR count). The largest absolute Gasteiger partial charge is 0.493 e. The van der Waals surface area contributed by atoms with E-state index >= 15 is 0 Å². The third-order valence-corrected chi connectivity index (χ3v) is 3.48. The Morgan fingerprint density at radius 1 is 1.10 bits per heavy atom. The number of ether oxygens (including phenoxy) is 3. The van der Waals surface area contributed by atoms with Gasteiger partial charge in [-0.15, -0.1) is 0 Å². The molecule has 5 heteroatoms. The highest BCUT2D eigenvalue weighted by Gasteiger charge is 2.19. The molecule has 0 aliphatic heterocycles. The number of carbonyl (C=O) groups is 1. The quantitative estimate of drug-likeness (QED) is 0.792. The summed E-state index contributed by atoms with van der Waals surface area (Å²) < 4.78 is 16.1. The zero-order valence-corrected chi connectivity index (χ0v) is 12.9. The normalized spacial score (nSPS) is 10.7. The van der Waals surface area contributed by atoms with E-state index < -0.39 is 0 Å². The molecule has 0 fully saturated rings. The molecule has 114 valence electrons. The Labute approximate surface area is 124 Å². The molecule has 0 atom stereocenters. The number of benzene rings is 1. The maximum Gasteiger partial charge on any atom is 0.204 e. The number of H-pyrrole nitrogens is 1. The average Bonchev–Trinajstić information content (AvgIpc) is 2.93. The third kappa shape index (κ3) is 2.82. The molecule has 21 heavy (non-hydrogen) atoms. The molecule has 1 heterocycles. The average molecular weight is 291 g/mol. The maximum absolute atomic E-state index is 12.1. The molecular formula is C16H21NO4. The minimum absolute atomic E-state index is 0.105. The van der Waals surface area contributed by atoms with Crippen LogP contribution < -0.4 is 14.2 Å². The van der Waals surface area contributed by atoms with Gasteiger partial charge in [-0.25, -0.2) is 0 Å². The van der Waals surface area contributed by atoms with Gasteiger partial charge in [-0.05, 0) is 12.5 Å². The summed E-state index contributed by atoms with van der Waals surface area (Å²) in [6.45, 7) is 2.07. The van der Waals surface area contributed by atoms with E-state index in [1.54, 1.807) is 21.3 Å². The molecule has 0 amide bonds. The van der Waals surface area contributed by atoms with Crippen LogP contribution in [0.3, 0.4) is 0 Å². The van der Waals surface area contributed by atoms with Gasteiger partial charge < -0.3 is 19.2 Å². The topological polar surface area (TPSA) is 60.6 Å². The van der Waals surface area contributed by atoms with Crippen LogP contribution in [0.5, 0.6) is 17.2 Å². The lowest BCUT2D eigenvalue weighted by Gasteiger charge is -2.12. The molecule has 1 aromatic heterocycles. The van der Waals surface area contributed by atoms with Crippen molar-refractivity contribution in [2.45, 2.75) is 26.2 Å². The zero-order chi connectivity index (χ0) is 15.4. The van der Waals surface area contributed by atoms with E-state index in [0.717, 1.165) is 23.7 Å². The minimum atomic E-state index is 0.105. The summed E-state index contributed by atoms with van der Waals surface area (Å²) >= 11 is 0. The SMILES string of the molecule is CCCCC(=O)c1cc2c(OC)c(OC)c(OC)cc2[nH]1. The van der Waals surface area contributed by atoms with Crippen molar-refractivity contribution in [3.8, 4) is 17.2 Å². The third-order valence-electron chi connectivity index (χ3n) is 3.48. The number of aromatic nitrogens is 1. The number of carbonyl (C=O) groups excluding carboxylic acids is 1. The first-order chi connectivity index (χ1) is 10.2. The number of unbranched alkanes of at least 4 members (excludes halogenated alkanes) is 1. The summed E-state index contributed by atoms with van der Waals surface area (Å²) in [5.74, 6) is 1.76. The van der Waals surface area contributed by atoms with Crippen molar-refractivity contribution in [3.05, 3.63) is 17.8 Å². The first kappa shape index (κ1) is 15.2. The fourth-order valence-corrected chi connectivity index (χ4v) is 2.37. The Kier molecular flexibility index (Phi) is 4.73. The number of rotatable bonds is 7. The molecule has 0 aliphatic carbocycles. The van der Waals surface area contributed by atoms with Crippen LogP contribution in [0.15, 0.2) is 12.1 Å². The standard InChI is InChI=1S/C16H21NO4/c1-5-6-7-13(18)12-8-10-11(17-12)9-14(19-2)16(21-4)15(10)20-3/h8-9,17H,5-7H2,1-4H3. The number of methoxy groups -OCH3 is 3. The van der Waals surface area contributed by atoms with Crippen LogP contribution in [-0.4, -0.2) is 32.1 Å². The molecule has 5 nitrogen and oxygen atoms in total. The van der Waals surface area contributed by atoms with Gasteiger partial charge in [-0.3, -0.25) is 4.79 Å². The van der Waals surface area contributed by atoms with Gasteiger partial charge >= 0.3 is 0 Å². The highest BCUT2D eigenvalue weighted by molar-refractivity contribution is 6.02. The minimum Gasteiger partial charge on any atom is -0.493 e. The number of nitrogens with one attached hydrogen (secondary N) is 1. The Hall–Kier alpha value is -2.17. The van der Waals surface area contributed by atoms with Crippen LogP contribution in [0.4, 0.5) is 0 Å². The van der Waals surface area contributed by atoms with Gasteiger partial charge in [0.25, 0.3) is 0 Å². The molecule has 0 bridgehead atoms. The van der Waals surface area contributed by atoms with Gasteiger partial charge in [0.1, 0.15) is 0 Å². The van der Waals surface area contributed by atoms with Crippen molar-refractivity contribution >= 4 is 16.7 Å². The number of hydrogen-bond acceptors (Lipinski definition) is 4. The van der Waals surface area contributed by atoms with Crippen LogP contribution in [0.1, 0.15) is 36.7 Å². The summed E-state index contributed by atoms with van der Waals surface area (Å²) in [5, 5.41) is 0.815. The zero-order valence-electron chi connectivity index (χ0n) is 12.9. The van der Waals surface area contributed by atoms with Gasteiger partial charge in [-0.2, -0.15) is 0 Å². The second-order valence-corrected chi connectivity index (χ2v) is 4.82. The summed E-state index contributed by atoms with van der Waals surface area (Å²) in [7, 11) is 4.70. The first-order valence-corrected chi connectivity index (χ1v) is 7.01. The van der Waals surface area contributed by atoms with Crippen molar-refractivity contribution < 1.29 is 19.0 Å². The molecule has 0 saturated heterocycles. The van der Waals surface area contributed by atoms with Crippen molar-refractivity contribution in [3.63, 3.8) is 0 Å². The van der Waals surface area contributed by atoms with E-state index in [9.17, 15) is 4.79 Å². The van der Waals surface area contributed by atoms with E-state index in [0.29, 0.717) is 29.4 Å². The monoisotopic (exact) mass is 291 g/mol. The fraction of sp³-hybridized carbons (Fsp3) is 0.438. The molecule has 0 spiro atoms. The van der Waals surface area contributed by atoms with Crippen LogP contribution >= 0.6 is 0 Å². The van der Waals surface area contributed by atoms with Gasteiger partial charge in [0.15, 0.2) is 17.3 Å². The van der Waals surface area contributed by atoms with Crippen LogP contribution in [0.25, 0.3) is 10.9 Å². The lowest BCUT2D eigenvalue weighted by Crippen LogP contribution is -1.98. The van der Waals surface area contributed by atoms with E-state index in [2.05, 4.69) is 11.9 Å². The maximum atomic E-state index is 12.1. The predicted molar refractivity (Wildman–Crippen MR) is 81.8 cm³/mol. The molecule has 0 saturated carbocycles. The highest BCUT2D eigenvalue weighted by atomic mass is 16.5. The second-order valence-electron chi connectivity index (χ2n) is 4.82. The summed E-state index contributed by atoms with van der Waals surface area (Å²) in [4.78, 5) is 15.3. The lowest BCUT2D eigenvalue weighted by molar-refractivity contribution is 0.0976. The number of Topliss-reactive ketones (excluding diaryl/α,β-unsaturated/α-hetero) is 1. The number of ketones is 1. The summed E-state index contributed by atoms with van der Waals surface area (Å²) in [6, 6.07) is 3.63. The molecular weight excluding hydrogens is 270 g/mol. The summed E-state index contributed by atoms with van der Waals surface area (Å²) in [5.41, 5.74) is 1.39. The fourth-order valence-electron chi connectivity index (χ4n) is 2.37. The van der Waals surface area contributed by atoms with Crippen LogP contribution in [-0.2, 0) is 0 Å². The van der Waals surface area contributed by atoms with Crippen LogP contribution in [0, 0.1) is 0 Å². The van der Waals surface area contributed by atoms with Gasteiger partial charge in [0.05, 0.1) is 32.5 Å². The second kappa shape index (κ2) is 6.52. The Balaban J connectivity index is 2.53. The van der Waals surface area contributed by atoms with Crippen molar-refractivity contribution in [2.24, 2.45) is 0 Å². The number of hydrogen-bond donors (Lipinski definition) is 1. The molecule has 0 radical (unpaired) electrons. The lowest BCUT2D eigenvalue weighted by atomic mass is 10.1. The molecule has 1 aromatic carbocycles. The molecule has 1 N–H and O–H groups in total. The van der Waals surface area contributed by atoms with E-state index in [1.807, 2.05) is 12.1 Å². The van der Waals surface area contributed by atoms with E-state index in [4.69, 9.17) is 14.2 Å². The van der Waals surface area contributed by atoms with E-state index in [-0.39, 0.29) is 5.78 Å². The first-order valence-electron chi connectivity index (χ1n) is 7.01. The van der Waals surface area contributed by atoms with Crippen molar-refractivity contribution in [1.29, 1.82) is 0 Å². The number of aromatic amines is 1. The van der Waals surface area contributed by atoms with E-state index in [1.165, 1.54) is 0 Å². The van der Waals surface area contributed by atoms with Crippen LogP contribution in [0.2, 0.25) is 0 Å². The molecule has 0 aliphatic rings. The molecule has 2 aromatic rings. The predicted octanol–water partition coefficient (Wildman–Crippen LogP) is 3.57. The van der Waals surface area contributed by atoms with Crippen molar-refractivity contribution in [1.82, 2.24) is 4.98 Å². The van der Waals surface area contributed by atoms with Crippen molar-refractivity contribution in [2.75, 3.05) is 21.3 Å². The molecule has 0 unspecified atom stereocenters. The van der Waals surface area contributed by atoms with Gasteiger partial charge in [-0.1, -0.05) is 13.3 Å². The van der Waals surface area contributed by atoms with Gasteiger partial charge in [0, 0.05) is 17.9 Å². The Bertz CT molecular complexity index is 645. The summed E-state index contributed by atoms with van der Waals surface area (Å²) in [6.07, 6.45) is 2.43. The smallest absolute Gasteiger partial charge is 0.204 e. The van der Waals surface area contributed by atoms with Gasteiger partial charge in [0.2, 0.25) is 5.75 Å². The Morgan fingerprint density at radius 2 is 1.81 bits per heavy atom. The highest BCUT2D eigenvalue weighted by Crippen LogP contribution is 2.43. The Morgan fingerprint density at radius 3 is 2.38 bits per heavy atom.